The minimum Gasteiger partial charge on any atom is -0.372 e. The Balaban J connectivity index is 1.23. The molecule has 1 aliphatic carbocycles. The number of rotatable bonds is 6. The van der Waals surface area contributed by atoms with Gasteiger partial charge in [0.1, 0.15) is 0 Å². The second-order valence-electron chi connectivity index (χ2n) is 7.66. The summed E-state index contributed by atoms with van der Waals surface area (Å²) in [5.41, 5.74) is 1.25. The smallest absolute Gasteiger partial charge is 0.222 e. The van der Waals surface area contributed by atoms with Gasteiger partial charge in [0.2, 0.25) is 5.95 Å². The van der Waals surface area contributed by atoms with Crippen molar-refractivity contribution in [2.45, 2.75) is 44.6 Å². The third kappa shape index (κ3) is 3.22. The average molecular weight is 316 g/mol. The Hall–Kier alpha value is -1.20. The van der Waals surface area contributed by atoms with Gasteiger partial charge in [-0.15, -0.1) is 0 Å². The van der Waals surface area contributed by atoms with E-state index in [1.54, 1.807) is 0 Å². The molecule has 0 amide bonds. The van der Waals surface area contributed by atoms with Gasteiger partial charge < -0.3 is 10.1 Å². The van der Waals surface area contributed by atoms with Gasteiger partial charge in [0.25, 0.3) is 0 Å². The van der Waals surface area contributed by atoms with E-state index >= 15 is 0 Å². The zero-order valence-electron chi connectivity index (χ0n) is 14.1. The first-order valence-corrected chi connectivity index (χ1v) is 9.12. The van der Waals surface area contributed by atoms with Crippen LogP contribution in [0.15, 0.2) is 12.4 Å². The number of likely N-dealkylation sites (tertiary alicyclic amines) is 1. The standard InChI is InChI=1S/C18H28N4O/c1-14-9-20-17(21-10-14)19-7-5-16-6-8-23-18(16)12-22(13-18)11-15-3-2-4-15/h9-10,15-16H,2-8,11-13H2,1H3,(H,19,20,21)/t16-/m0/s1. The number of anilines is 1. The summed E-state index contributed by atoms with van der Waals surface area (Å²) in [6, 6.07) is 0. The zero-order valence-corrected chi connectivity index (χ0v) is 14.1. The summed E-state index contributed by atoms with van der Waals surface area (Å²) in [4.78, 5) is 11.2. The zero-order chi connectivity index (χ0) is 15.7. The highest BCUT2D eigenvalue weighted by atomic mass is 16.5. The van der Waals surface area contributed by atoms with Gasteiger partial charge in [0.15, 0.2) is 0 Å². The van der Waals surface area contributed by atoms with Gasteiger partial charge in [-0.1, -0.05) is 6.42 Å². The van der Waals surface area contributed by atoms with Crippen molar-refractivity contribution in [2.24, 2.45) is 11.8 Å². The molecule has 0 bridgehead atoms. The van der Waals surface area contributed by atoms with Crippen molar-refractivity contribution in [2.75, 3.05) is 38.1 Å². The van der Waals surface area contributed by atoms with E-state index in [4.69, 9.17) is 4.74 Å². The number of nitrogens with one attached hydrogen (secondary N) is 1. The topological polar surface area (TPSA) is 50.3 Å². The Morgan fingerprint density at radius 1 is 1.26 bits per heavy atom. The molecule has 0 radical (unpaired) electrons. The number of hydrogen-bond acceptors (Lipinski definition) is 5. The van der Waals surface area contributed by atoms with Crippen LogP contribution in [0.2, 0.25) is 0 Å². The maximum absolute atomic E-state index is 6.17. The molecule has 1 atom stereocenters. The van der Waals surface area contributed by atoms with Crippen LogP contribution in [0.3, 0.4) is 0 Å². The molecule has 126 valence electrons. The van der Waals surface area contributed by atoms with Crippen LogP contribution >= 0.6 is 0 Å². The number of aryl methyl sites for hydroxylation is 1. The molecular weight excluding hydrogens is 288 g/mol. The second-order valence-corrected chi connectivity index (χ2v) is 7.66. The lowest BCUT2D eigenvalue weighted by atomic mass is 9.77. The molecule has 5 heteroatoms. The van der Waals surface area contributed by atoms with Gasteiger partial charge in [0.05, 0.1) is 5.60 Å². The molecule has 0 unspecified atom stereocenters. The predicted molar refractivity (Wildman–Crippen MR) is 90.4 cm³/mol. The lowest BCUT2D eigenvalue weighted by Gasteiger charge is -2.52. The van der Waals surface area contributed by atoms with Gasteiger partial charge in [-0.2, -0.15) is 0 Å². The van der Waals surface area contributed by atoms with E-state index in [0.717, 1.165) is 50.1 Å². The largest absolute Gasteiger partial charge is 0.372 e. The molecule has 2 aliphatic heterocycles. The Kier molecular flexibility index (Phi) is 4.24. The van der Waals surface area contributed by atoms with Crippen molar-refractivity contribution < 1.29 is 4.74 Å². The summed E-state index contributed by atoms with van der Waals surface area (Å²) < 4.78 is 6.17. The number of nitrogens with zero attached hydrogens (tertiary/aromatic N) is 3. The van der Waals surface area contributed by atoms with E-state index in [0.29, 0.717) is 5.92 Å². The monoisotopic (exact) mass is 316 g/mol. The molecule has 3 heterocycles. The minimum atomic E-state index is 0.152. The van der Waals surface area contributed by atoms with Crippen molar-refractivity contribution in [3.8, 4) is 0 Å². The van der Waals surface area contributed by atoms with Crippen LogP contribution in [0.5, 0.6) is 0 Å². The van der Waals surface area contributed by atoms with Crippen LogP contribution in [0.1, 0.15) is 37.7 Å². The maximum Gasteiger partial charge on any atom is 0.222 e. The number of ether oxygens (including phenoxy) is 1. The van der Waals surface area contributed by atoms with Gasteiger partial charge in [-0.05, 0) is 50.0 Å². The molecule has 23 heavy (non-hydrogen) atoms. The number of aromatic nitrogens is 2. The highest BCUT2D eigenvalue weighted by Crippen LogP contribution is 2.42. The van der Waals surface area contributed by atoms with Crippen LogP contribution in [0, 0.1) is 18.8 Å². The molecule has 2 saturated heterocycles. The molecule has 3 fully saturated rings. The molecule has 3 aliphatic rings. The summed E-state index contributed by atoms with van der Waals surface area (Å²) in [7, 11) is 0. The van der Waals surface area contributed by atoms with Gasteiger partial charge in [0, 0.05) is 45.2 Å². The normalized spacial score (nSPS) is 26.9. The Bertz CT molecular complexity index is 522. The second kappa shape index (κ2) is 6.36. The lowest BCUT2D eigenvalue weighted by Crippen LogP contribution is -2.65. The van der Waals surface area contributed by atoms with E-state index < -0.39 is 0 Å². The first-order chi connectivity index (χ1) is 11.2. The molecule has 1 aromatic rings. The maximum atomic E-state index is 6.17. The molecule has 1 spiro atoms. The third-order valence-corrected chi connectivity index (χ3v) is 5.88. The van der Waals surface area contributed by atoms with E-state index in [1.165, 1.54) is 32.2 Å². The predicted octanol–water partition coefficient (Wildman–Crippen LogP) is 2.48. The van der Waals surface area contributed by atoms with Crippen LogP contribution in [-0.4, -0.2) is 53.3 Å². The minimum absolute atomic E-state index is 0.152. The van der Waals surface area contributed by atoms with Crippen LogP contribution < -0.4 is 5.32 Å². The fourth-order valence-corrected chi connectivity index (χ4v) is 4.26. The SMILES string of the molecule is Cc1cnc(NCC[C@H]2CCOC23CN(CC2CCC2)C3)nc1. The fraction of sp³-hybridized carbons (Fsp3) is 0.778. The summed E-state index contributed by atoms with van der Waals surface area (Å²) in [6.45, 7) is 7.47. The molecule has 4 rings (SSSR count). The van der Waals surface area contributed by atoms with Gasteiger partial charge >= 0.3 is 0 Å². The molecular formula is C18H28N4O. The van der Waals surface area contributed by atoms with Crippen molar-refractivity contribution in [3.63, 3.8) is 0 Å². The average Bonchev–Trinajstić information content (AvgIpc) is 2.88. The summed E-state index contributed by atoms with van der Waals surface area (Å²) in [5.74, 6) is 2.38. The summed E-state index contributed by atoms with van der Waals surface area (Å²) in [5, 5.41) is 3.36. The van der Waals surface area contributed by atoms with Gasteiger partial charge in [-0.25, -0.2) is 9.97 Å². The molecule has 0 aromatic carbocycles. The Morgan fingerprint density at radius 3 is 2.74 bits per heavy atom. The van der Waals surface area contributed by atoms with Gasteiger partial charge in [-0.3, -0.25) is 4.90 Å². The van der Waals surface area contributed by atoms with E-state index in [9.17, 15) is 0 Å². The van der Waals surface area contributed by atoms with Crippen LogP contribution in [0.25, 0.3) is 0 Å². The summed E-state index contributed by atoms with van der Waals surface area (Å²) in [6.07, 6.45) is 10.4. The highest BCUT2D eigenvalue weighted by molar-refractivity contribution is 5.24. The number of hydrogen-bond donors (Lipinski definition) is 1. The van der Waals surface area contributed by atoms with Crippen molar-refractivity contribution >= 4 is 5.95 Å². The lowest BCUT2D eigenvalue weighted by molar-refractivity contribution is -0.139. The first-order valence-electron chi connectivity index (χ1n) is 9.12. The molecule has 5 nitrogen and oxygen atoms in total. The fourth-order valence-electron chi connectivity index (χ4n) is 4.26. The van der Waals surface area contributed by atoms with Crippen molar-refractivity contribution in [1.82, 2.24) is 14.9 Å². The summed E-state index contributed by atoms with van der Waals surface area (Å²) >= 11 is 0. The van der Waals surface area contributed by atoms with Crippen molar-refractivity contribution in [3.05, 3.63) is 18.0 Å². The highest BCUT2D eigenvalue weighted by Gasteiger charge is 2.52. The third-order valence-electron chi connectivity index (χ3n) is 5.88. The van der Waals surface area contributed by atoms with Crippen LogP contribution in [-0.2, 0) is 4.74 Å². The van der Waals surface area contributed by atoms with E-state index in [1.807, 2.05) is 19.3 Å². The van der Waals surface area contributed by atoms with Crippen molar-refractivity contribution in [1.29, 1.82) is 0 Å². The molecule has 1 saturated carbocycles. The van der Waals surface area contributed by atoms with E-state index in [2.05, 4.69) is 20.2 Å². The molecule has 1 aromatic heterocycles. The first kappa shape index (κ1) is 15.3. The Morgan fingerprint density at radius 2 is 2.04 bits per heavy atom. The quantitative estimate of drug-likeness (QED) is 0.874. The Labute approximate surface area is 138 Å². The van der Waals surface area contributed by atoms with Crippen LogP contribution in [0.4, 0.5) is 5.95 Å². The molecule has 1 N–H and O–H groups in total. The van der Waals surface area contributed by atoms with E-state index in [-0.39, 0.29) is 5.60 Å².